The summed E-state index contributed by atoms with van der Waals surface area (Å²) in [4.78, 5) is 13.6. The lowest BCUT2D eigenvalue weighted by Gasteiger charge is -2.24. The van der Waals surface area contributed by atoms with E-state index in [0.29, 0.717) is 13.1 Å². The Morgan fingerprint density at radius 3 is 2.85 bits per heavy atom. The summed E-state index contributed by atoms with van der Waals surface area (Å²) in [6.45, 7) is 8.80. The highest BCUT2D eigenvalue weighted by molar-refractivity contribution is 5.68. The molecular weight excluding hydrogens is 258 g/mol. The maximum absolute atomic E-state index is 12.0. The summed E-state index contributed by atoms with van der Waals surface area (Å²) >= 11 is 0. The topological polar surface area (TPSA) is 51.9 Å². The van der Waals surface area contributed by atoms with Crippen LogP contribution in [0, 0.1) is 0 Å². The van der Waals surface area contributed by atoms with Gasteiger partial charge >= 0.3 is 6.09 Å². The second kappa shape index (κ2) is 5.87. The maximum Gasteiger partial charge on any atom is 0.410 e. The van der Waals surface area contributed by atoms with Crippen molar-refractivity contribution >= 4 is 6.09 Å². The second-order valence-corrected chi connectivity index (χ2v) is 6.13. The first-order chi connectivity index (χ1) is 9.35. The summed E-state index contributed by atoms with van der Waals surface area (Å²) in [6.07, 6.45) is 2.12. The van der Waals surface area contributed by atoms with Gasteiger partial charge in [-0.25, -0.2) is 4.79 Å². The van der Waals surface area contributed by atoms with Crippen LogP contribution in [0.15, 0.2) is 22.8 Å². The van der Waals surface area contributed by atoms with Gasteiger partial charge in [0.1, 0.15) is 17.5 Å². The molecule has 1 aliphatic rings. The van der Waals surface area contributed by atoms with Gasteiger partial charge in [0, 0.05) is 6.54 Å². The van der Waals surface area contributed by atoms with Crippen molar-refractivity contribution in [3.05, 3.63) is 24.2 Å². The van der Waals surface area contributed by atoms with E-state index in [1.54, 1.807) is 11.2 Å². The van der Waals surface area contributed by atoms with Crippen LogP contribution in [0.5, 0.6) is 0 Å². The fraction of sp³-hybridized carbons (Fsp3) is 0.667. The van der Waals surface area contributed by atoms with Crippen LogP contribution in [0.25, 0.3) is 0 Å². The zero-order valence-corrected chi connectivity index (χ0v) is 12.6. The Hall–Kier alpha value is -1.49. The number of hydrogen-bond donors (Lipinski definition) is 0. The van der Waals surface area contributed by atoms with E-state index in [9.17, 15) is 4.79 Å². The molecule has 1 aliphatic heterocycles. The standard InChI is InChI=1S/C15H23NO4/c1-11(13-6-5-9-18-13)19-12-7-8-16(10-12)14(17)20-15(2,3)4/h5-6,9,11-12H,7-8,10H2,1-4H3/t11-,12+/m0/s1. The number of nitrogens with zero attached hydrogens (tertiary/aromatic N) is 1. The van der Waals surface area contributed by atoms with E-state index in [4.69, 9.17) is 13.9 Å². The molecule has 1 aromatic heterocycles. The van der Waals surface area contributed by atoms with Crippen LogP contribution in [0.3, 0.4) is 0 Å². The molecule has 0 aromatic carbocycles. The van der Waals surface area contributed by atoms with Crippen molar-refractivity contribution in [3.63, 3.8) is 0 Å². The Labute approximate surface area is 119 Å². The molecule has 0 N–H and O–H groups in total. The van der Waals surface area contributed by atoms with Crippen molar-refractivity contribution in [3.8, 4) is 0 Å². The zero-order chi connectivity index (χ0) is 14.8. The van der Waals surface area contributed by atoms with Gasteiger partial charge in [-0.05, 0) is 46.2 Å². The highest BCUT2D eigenvalue weighted by Crippen LogP contribution is 2.24. The van der Waals surface area contributed by atoms with Gasteiger partial charge in [0.25, 0.3) is 0 Å². The first-order valence-electron chi connectivity index (χ1n) is 7.02. The third kappa shape index (κ3) is 4.00. The van der Waals surface area contributed by atoms with Crippen LogP contribution >= 0.6 is 0 Å². The maximum atomic E-state index is 12.0. The van der Waals surface area contributed by atoms with Gasteiger partial charge in [0.05, 0.1) is 18.9 Å². The summed E-state index contributed by atoms with van der Waals surface area (Å²) in [7, 11) is 0. The molecule has 0 bridgehead atoms. The lowest BCUT2D eigenvalue weighted by molar-refractivity contribution is -0.0125. The van der Waals surface area contributed by atoms with Gasteiger partial charge < -0.3 is 18.8 Å². The number of likely N-dealkylation sites (tertiary alicyclic amines) is 1. The van der Waals surface area contributed by atoms with Crippen LogP contribution < -0.4 is 0 Å². The molecule has 1 amide bonds. The predicted molar refractivity (Wildman–Crippen MR) is 74.4 cm³/mol. The minimum atomic E-state index is -0.461. The van der Waals surface area contributed by atoms with Crippen molar-refractivity contribution < 1.29 is 18.7 Å². The van der Waals surface area contributed by atoms with Crippen molar-refractivity contribution in [1.29, 1.82) is 0 Å². The number of hydrogen-bond acceptors (Lipinski definition) is 4. The molecule has 1 fully saturated rings. The van der Waals surface area contributed by atoms with Crippen LogP contribution in [-0.4, -0.2) is 35.8 Å². The first kappa shape index (κ1) is 14.9. The lowest BCUT2D eigenvalue weighted by atomic mass is 10.2. The van der Waals surface area contributed by atoms with Crippen molar-refractivity contribution in [2.75, 3.05) is 13.1 Å². The van der Waals surface area contributed by atoms with E-state index < -0.39 is 5.60 Å². The highest BCUT2D eigenvalue weighted by Gasteiger charge is 2.31. The molecule has 0 unspecified atom stereocenters. The number of carbonyl (C=O) groups excluding carboxylic acids is 1. The van der Waals surface area contributed by atoms with Gasteiger partial charge in [-0.3, -0.25) is 0 Å². The monoisotopic (exact) mass is 281 g/mol. The largest absolute Gasteiger partial charge is 0.467 e. The lowest BCUT2D eigenvalue weighted by Crippen LogP contribution is -2.36. The smallest absolute Gasteiger partial charge is 0.410 e. The molecule has 2 atom stereocenters. The van der Waals surface area contributed by atoms with Crippen molar-refractivity contribution in [2.45, 2.75) is 51.9 Å². The highest BCUT2D eigenvalue weighted by atomic mass is 16.6. The van der Waals surface area contributed by atoms with E-state index in [1.165, 1.54) is 0 Å². The molecule has 0 aliphatic carbocycles. The molecule has 1 aromatic rings. The Balaban J connectivity index is 1.82. The van der Waals surface area contributed by atoms with E-state index in [-0.39, 0.29) is 18.3 Å². The van der Waals surface area contributed by atoms with E-state index >= 15 is 0 Å². The minimum Gasteiger partial charge on any atom is -0.467 e. The normalized spacial score (nSPS) is 21.0. The molecule has 2 rings (SSSR count). The number of furan rings is 1. The second-order valence-electron chi connectivity index (χ2n) is 6.13. The molecule has 5 nitrogen and oxygen atoms in total. The molecule has 5 heteroatoms. The minimum absolute atomic E-state index is 0.0302. The summed E-state index contributed by atoms with van der Waals surface area (Å²) in [6, 6.07) is 3.74. The van der Waals surface area contributed by atoms with Gasteiger partial charge in [-0.2, -0.15) is 0 Å². The van der Waals surface area contributed by atoms with Crippen molar-refractivity contribution in [1.82, 2.24) is 4.90 Å². The third-order valence-corrected chi connectivity index (χ3v) is 3.14. The molecule has 1 saturated heterocycles. The quantitative estimate of drug-likeness (QED) is 0.852. The molecule has 2 heterocycles. The first-order valence-corrected chi connectivity index (χ1v) is 7.02. The Morgan fingerprint density at radius 1 is 1.50 bits per heavy atom. The fourth-order valence-corrected chi connectivity index (χ4v) is 2.21. The predicted octanol–water partition coefficient (Wildman–Crippen LogP) is 3.37. The van der Waals surface area contributed by atoms with E-state index in [1.807, 2.05) is 39.8 Å². The zero-order valence-electron chi connectivity index (χ0n) is 12.6. The van der Waals surface area contributed by atoms with E-state index in [2.05, 4.69) is 0 Å². The molecule has 0 saturated carbocycles. The van der Waals surface area contributed by atoms with Crippen LogP contribution in [0.4, 0.5) is 4.79 Å². The van der Waals surface area contributed by atoms with Crippen LogP contribution in [0.2, 0.25) is 0 Å². The number of amides is 1. The van der Waals surface area contributed by atoms with Gasteiger partial charge in [-0.1, -0.05) is 0 Å². The molecule has 112 valence electrons. The van der Waals surface area contributed by atoms with Gasteiger partial charge in [-0.15, -0.1) is 0 Å². The Morgan fingerprint density at radius 2 is 2.25 bits per heavy atom. The summed E-state index contributed by atoms with van der Waals surface area (Å²) in [5, 5.41) is 0. The number of ether oxygens (including phenoxy) is 2. The Bertz CT molecular complexity index is 435. The average molecular weight is 281 g/mol. The van der Waals surface area contributed by atoms with Crippen LogP contribution in [0.1, 0.15) is 46.0 Å². The molecule has 0 spiro atoms. The van der Waals surface area contributed by atoms with Gasteiger partial charge in [0.15, 0.2) is 0 Å². The number of rotatable bonds is 3. The average Bonchev–Trinajstić information content (AvgIpc) is 2.97. The van der Waals surface area contributed by atoms with Crippen LogP contribution in [-0.2, 0) is 9.47 Å². The molecule has 20 heavy (non-hydrogen) atoms. The summed E-state index contributed by atoms with van der Waals surface area (Å²) in [5.41, 5.74) is -0.461. The Kier molecular flexibility index (Phi) is 4.38. The van der Waals surface area contributed by atoms with E-state index in [0.717, 1.165) is 12.2 Å². The summed E-state index contributed by atoms with van der Waals surface area (Å²) in [5.74, 6) is 0.806. The third-order valence-electron chi connectivity index (χ3n) is 3.14. The fourth-order valence-electron chi connectivity index (χ4n) is 2.21. The van der Waals surface area contributed by atoms with Gasteiger partial charge in [0.2, 0.25) is 0 Å². The molecular formula is C15H23NO4. The SMILES string of the molecule is C[C@H](O[C@@H]1CCN(C(=O)OC(C)(C)C)C1)c1ccco1. The molecule has 0 radical (unpaired) electrons. The number of carbonyl (C=O) groups is 1. The van der Waals surface area contributed by atoms with Crippen molar-refractivity contribution in [2.24, 2.45) is 0 Å². The summed E-state index contributed by atoms with van der Waals surface area (Å²) < 4.78 is 16.6.